The number of phenols is 1. The first-order valence-electron chi connectivity index (χ1n) is 11.7. The molecule has 11 nitrogen and oxygen atoms in total. The molecule has 1 saturated heterocycles. The van der Waals surface area contributed by atoms with E-state index in [9.17, 15) is 19.5 Å². The van der Waals surface area contributed by atoms with Gasteiger partial charge >= 0.3 is 17.9 Å². The van der Waals surface area contributed by atoms with E-state index in [1.54, 1.807) is 18.2 Å². The fourth-order valence-corrected chi connectivity index (χ4v) is 3.44. The molecule has 0 saturated carbocycles. The second kappa shape index (κ2) is 16.7. The van der Waals surface area contributed by atoms with E-state index >= 15 is 0 Å². The van der Waals surface area contributed by atoms with Crippen LogP contribution < -0.4 is 4.74 Å². The lowest BCUT2D eigenvalue weighted by atomic mass is 9.96. The van der Waals surface area contributed by atoms with E-state index in [2.05, 4.69) is 4.90 Å². The van der Waals surface area contributed by atoms with Gasteiger partial charge in [0.15, 0.2) is 17.1 Å². The predicted octanol–water partition coefficient (Wildman–Crippen LogP) is 2.20. The largest absolute Gasteiger partial charge is 0.504 e. The number of unbranched alkanes of at least 4 members (excludes halogenated alkanes) is 5. The lowest BCUT2D eigenvalue weighted by Crippen LogP contribution is -2.42. The number of hydrogen-bond acceptors (Lipinski definition) is 8. The molecule has 2 rings (SSSR count). The minimum Gasteiger partial charge on any atom is -0.504 e. The number of para-hydroxylation sites is 2. The van der Waals surface area contributed by atoms with E-state index in [1.807, 2.05) is 6.07 Å². The van der Waals surface area contributed by atoms with Crippen LogP contribution in [0.3, 0.4) is 0 Å². The zero-order valence-corrected chi connectivity index (χ0v) is 19.9. The number of aliphatic hydroxyl groups is 1. The minimum atomic E-state index is -2.74. The van der Waals surface area contributed by atoms with E-state index in [0.717, 1.165) is 32.7 Å². The fourth-order valence-electron chi connectivity index (χ4n) is 3.44. The van der Waals surface area contributed by atoms with Gasteiger partial charge in [0.1, 0.15) is 0 Å². The van der Waals surface area contributed by atoms with Crippen molar-refractivity contribution < 1.29 is 49.4 Å². The molecule has 0 amide bonds. The predicted molar refractivity (Wildman–Crippen MR) is 126 cm³/mol. The topological polar surface area (TPSA) is 174 Å². The molecule has 1 aromatic rings. The van der Waals surface area contributed by atoms with Crippen molar-refractivity contribution in [2.75, 3.05) is 39.5 Å². The molecule has 0 unspecified atom stereocenters. The van der Waals surface area contributed by atoms with Crippen molar-refractivity contribution in [3.63, 3.8) is 0 Å². The van der Waals surface area contributed by atoms with Crippen LogP contribution in [0.2, 0.25) is 0 Å². The maximum atomic E-state index is 10.3. The third-order valence-corrected chi connectivity index (χ3v) is 5.38. The lowest BCUT2D eigenvalue weighted by molar-refractivity contribution is -0.170. The first-order chi connectivity index (χ1) is 16.6. The maximum absolute atomic E-state index is 10.3. The van der Waals surface area contributed by atoms with Crippen molar-refractivity contribution >= 4 is 17.9 Å². The van der Waals surface area contributed by atoms with Crippen LogP contribution in [-0.2, 0) is 19.1 Å². The second-order valence-corrected chi connectivity index (χ2v) is 8.37. The first kappa shape index (κ1) is 30.1. The number of aliphatic carboxylic acids is 3. The van der Waals surface area contributed by atoms with Crippen LogP contribution >= 0.6 is 0 Å². The third-order valence-electron chi connectivity index (χ3n) is 5.38. The third kappa shape index (κ3) is 13.5. The molecule has 0 bridgehead atoms. The summed E-state index contributed by atoms with van der Waals surface area (Å²) >= 11 is 0. The van der Waals surface area contributed by atoms with Gasteiger partial charge in [-0.2, -0.15) is 0 Å². The summed E-state index contributed by atoms with van der Waals surface area (Å²) in [4.78, 5) is 33.0. The van der Waals surface area contributed by atoms with Gasteiger partial charge in [-0.25, -0.2) is 4.79 Å². The molecule has 0 radical (unpaired) electrons. The monoisotopic (exact) mass is 499 g/mol. The van der Waals surface area contributed by atoms with Gasteiger partial charge < -0.3 is 35.0 Å². The Morgan fingerprint density at radius 3 is 1.97 bits per heavy atom. The summed E-state index contributed by atoms with van der Waals surface area (Å²) < 4.78 is 10.9. The highest BCUT2D eigenvalue weighted by Gasteiger charge is 2.40. The molecule has 5 N–H and O–H groups in total. The van der Waals surface area contributed by atoms with Crippen LogP contribution in [0.1, 0.15) is 51.4 Å². The van der Waals surface area contributed by atoms with Crippen molar-refractivity contribution in [2.24, 2.45) is 0 Å². The Morgan fingerprint density at radius 1 is 0.886 bits per heavy atom. The lowest BCUT2D eigenvalue weighted by Gasteiger charge is -2.26. The number of nitrogens with zero attached hydrogens (tertiary/aromatic N) is 1. The van der Waals surface area contributed by atoms with E-state index in [-0.39, 0.29) is 5.75 Å². The summed E-state index contributed by atoms with van der Waals surface area (Å²) in [6, 6.07) is 7.15. The summed E-state index contributed by atoms with van der Waals surface area (Å²) in [7, 11) is 0. The Bertz CT molecular complexity index is 763. The number of carbonyl (C=O) groups is 3. The average Bonchev–Trinajstić information content (AvgIpc) is 2.79. The number of ether oxygens (including phenoxy) is 2. The second-order valence-electron chi connectivity index (χ2n) is 8.37. The number of aromatic hydroxyl groups is 1. The van der Waals surface area contributed by atoms with Gasteiger partial charge in [0.05, 0.1) is 32.7 Å². The van der Waals surface area contributed by atoms with Crippen molar-refractivity contribution in [1.82, 2.24) is 4.90 Å². The highest BCUT2D eigenvalue weighted by molar-refractivity contribution is 5.88. The first-order valence-corrected chi connectivity index (χ1v) is 11.7. The molecule has 1 aliphatic heterocycles. The van der Waals surface area contributed by atoms with Gasteiger partial charge in [-0.1, -0.05) is 37.8 Å². The Kier molecular flexibility index (Phi) is 14.4. The fraction of sp³-hybridized carbons (Fsp3) is 0.625. The van der Waals surface area contributed by atoms with E-state index in [4.69, 9.17) is 29.9 Å². The van der Waals surface area contributed by atoms with Crippen LogP contribution in [-0.4, -0.2) is 93.4 Å². The number of carboxylic acid groups (broad SMARTS) is 3. The van der Waals surface area contributed by atoms with Gasteiger partial charge in [-0.15, -0.1) is 0 Å². The standard InChI is InChI=1S/C18H29NO3.C6H8O7/c20-17-9-5-6-10-18(17)22-14-8-4-2-1-3-7-11-19-12-15-21-16-13-19;7-3(8)1-6(13,5(11)12)2-4(9)10/h5-6,9-10,20H,1-4,7-8,11-16H2;13H,1-2H2,(H,7,8)(H,9,10)(H,11,12). The molecule has 0 aromatic heterocycles. The van der Waals surface area contributed by atoms with Gasteiger partial charge in [0, 0.05) is 13.1 Å². The SMILES string of the molecule is O=C(O)CC(O)(CC(=O)O)C(=O)O.Oc1ccccc1OCCCCCCCCN1CCOCC1. The molecule has 1 heterocycles. The van der Waals surface area contributed by atoms with E-state index < -0.39 is 36.4 Å². The average molecular weight is 500 g/mol. The number of hydrogen-bond donors (Lipinski definition) is 5. The normalized spacial score (nSPS) is 14.0. The summed E-state index contributed by atoms with van der Waals surface area (Å²) in [5.41, 5.74) is -2.74. The Balaban J connectivity index is 0.000000405. The zero-order chi connectivity index (χ0) is 26.1. The number of rotatable bonds is 15. The van der Waals surface area contributed by atoms with Gasteiger partial charge in [-0.05, 0) is 31.5 Å². The van der Waals surface area contributed by atoms with Gasteiger partial charge in [0.25, 0.3) is 0 Å². The highest BCUT2D eigenvalue weighted by Crippen LogP contribution is 2.24. The number of carboxylic acids is 3. The Hall–Kier alpha value is -2.89. The smallest absolute Gasteiger partial charge is 0.336 e. The molecular weight excluding hydrogens is 462 g/mol. The molecular formula is C24H37NO10. The molecule has 11 heteroatoms. The van der Waals surface area contributed by atoms with E-state index in [1.165, 1.54) is 38.6 Å². The Labute approximate surface area is 204 Å². The van der Waals surface area contributed by atoms with Crippen LogP contribution in [0.25, 0.3) is 0 Å². The molecule has 0 aliphatic carbocycles. The minimum absolute atomic E-state index is 0.227. The summed E-state index contributed by atoms with van der Waals surface area (Å²) in [6.45, 7) is 5.91. The van der Waals surface area contributed by atoms with Crippen LogP contribution in [0, 0.1) is 0 Å². The van der Waals surface area contributed by atoms with Crippen molar-refractivity contribution in [3.05, 3.63) is 24.3 Å². The van der Waals surface area contributed by atoms with Crippen LogP contribution in [0.5, 0.6) is 11.5 Å². The number of benzene rings is 1. The summed E-state index contributed by atoms with van der Waals surface area (Å²) in [6.07, 6.45) is 5.16. The van der Waals surface area contributed by atoms with E-state index in [0.29, 0.717) is 12.4 Å². The molecule has 1 aromatic carbocycles. The number of phenolic OH excluding ortho intramolecular Hbond substituents is 1. The van der Waals surface area contributed by atoms with Crippen LogP contribution in [0.4, 0.5) is 0 Å². The van der Waals surface area contributed by atoms with Crippen molar-refractivity contribution in [3.8, 4) is 11.5 Å². The molecule has 198 valence electrons. The Morgan fingerprint density at radius 2 is 1.43 bits per heavy atom. The molecule has 0 atom stereocenters. The summed E-state index contributed by atoms with van der Waals surface area (Å²) in [5.74, 6) is -4.20. The van der Waals surface area contributed by atoms with Gasteiger partial charge in [0.2, 0.25) is 0 Å². The molecule has 1 aliphatic rings. The van der Waals surface area contributed by atoms with Crippen molar-refractivity contribution in [2.45, 2.75) is 57.0 Å². The highest BCUT2D eigenvalue weighted by atomic mass is 16.5. The number of morpholine rings is 1. The molecule has 0 spiro atoms. The molecule has 1 fully saturated rings. The van der Waals surface area contributed by atoms with Crippen LogP contribution in [0.15, 0.2) is 24.3 Å². The van der Waals surface area contributed by atoms with Gasteiger partial charge in [-0.3, -0.25) is 14.5 Å². The van der Waals surface area contributed by atoms with Crippen molar-refractivity contribution in [1.29, 1.82) is 0 Å². The quantitative estimate of drug-likeness (QED) is 0.224. The molecule has 35 heavy (non-hydrogen) atoms. The zero-order valence-electron chi connectivity index (χ0n) is 19.9. The maximum Gasteiger partial charge on any atom is 0.336 e. The summed E-state index contributed by atoms with van der Waals surface area (Å²) in [5, 5.41) is 43.4.